The van der Waals surface area contributed by atoms with Gasteiger partial charge in [0, 0.05) is 13.0 Å². The molecule has 0 amide bonds. The predicted octanol–water partition coefficient (Wildman–Crippen LogP) is 6.81. The van der Waals surface area contributed by atoms with Crippen molar-refractivity contribution in [1.29, 1.82) is 0 Å². The average Bonchev–Trinajstić information content (AvgIpc) is 3.37. The first kappa shape index (κ1) is 19.2. The first-order valence-electron chi connectivity index (χ1n) is 12.2. The molecule has 0 N–H and O–H groups in total. The lowest BCUT2D eigenvalue weighted by atomic mass is 9.53. The molecule has 6 atom stereocenters. The van der Waals surface area contributed by atoms with Crippen LogP contribution in [0.2, 0.25) is 0 Å². The quantitative estimate of drug-likeness (QED) is 0.354. The highest BCUT2D eigenvalue weighted by Crippen LogP contribution is 2.76. The van der Waals surface area contributed by atoms with Crippen LogP contribution in [0.5, 0.6) is 0 Å². The van der Waals surface area contributed by atoms with Gasteiger partial charge in [0.25, 0.3) is 0 Å². The maximum Gasteiger partial charge on any atom is 0.0959 e. The second kappa shape index (κ2) is 7.18. The fourth-order valence-electron chi connectivity index (χ4n) is 8.04. The van der Waals surface area contributed by atoms with Gasteiger partial charge in [-0.25, -0.2) is 0 Å². The highest BCUT2D eigenvalue weighted by molar-refractivity contribution is 5.34. The molecule has 0 aromatic carbocycles. The molecule has 0 aliphatic heterocycles. The van der Waals surface area contributed by atoms with E-state index in [0.717, 1.165) is 43.1 Å². The summed E-state index contributed by atoms with van der Waals surface area (Å²) in [4.78, 5) is 0. The van der Waals surface area contributed by atoms with E-state index in [-0.39, 0.29) is 5.60 Å². The second-order valence-corrected chi connectivity index (χ2v) is 10.7. The van der Waals surface area contributed by atoms with Crippen LogP contribution in [-0.2, 0) is 9.47 Å². The molecule has 0 bridgehead atoms. The Morgan fingerprint density at radius 1 is 1.18 bits per heavy atom. The molecule has 2 heteroatoms. The molecule has 0 saturated heterocycles. The minimum absolute atomic E-state index is 0.263. The normalized spacial score (nSPS) is 43.6. The molecule has 28 heavy (non-hydrogen) atoms. The van der Waals surface area contributed by atoms with Crippen molar-refractivity contribution in [2.24, 2.45) is 29.1 Å². The van der Waals surface area contributed by atoms with Crippen molar-refractivity contribution in [1.82, 2.24) is 0 Å². The van der Waals surface area contributed by atoms with E-state index in [1.54, 1.807) is 5.57 Å². The molecule has 5 rings (SSSR count). The zero-order valence-corrected chi connectivity index (χ0v) is 18.4. The van der Waals surface area contributed by atoms with Crippen LogP contribution in [0, 0.1) is 29.1 Å². The van der Waals surface area contributed by atoms with Gasteiger partial charge in [-0.2, -0.15) is 0 Å². The fourth-order valence-corrected chi connectivity index (χ4v) is 8.04. The summed E-state index contributed by atoms with van der Waals surface area (Å²) in [7, 11) is 1.83. The summed E-state index contributed by atoms with van der Waals surface area (Å²) in [6, 6.07) is 0. The van der Waals surface area contributed by atoms with E-state index in [2.05, 4.69) is 19.9 Å². The van der Waals surface area contributed by atoms with Crippen molar-refractivity contribution in [3.63, 3.8) is 0 Å². The summed E-state index contributed by atoms with van der Waals surface area (Å²) < 4.78 is 12.3. The summed E-state index contributed by atoms with van der Waals surface area (Å²) in [6.45, 7) is 5.92. The Bertz CT molecular complexity index is 676. The largest absolute Gasteiger partial charge is 0.501 e. The molecule has 0 heterocycles. The first-order chi connectivity index (χ1) is 13.6. The van der Waals surface area contributed by atoms with Crippen molar-refractivity contribution in [2.45, 2.75) is 96.5 Å². The van der Waals surface area contributed by atoms with Crippen molar-refractivity contribution >= 4 is 0 Å². The molecular formula is C26H40O2. The summed E-state index contributed by atoms with van der Waals surface area (Å²) in [5, 5.41) is 0. The Kier molecular flexibility index (Phi) is 4.93. The van der Waals surface area contributed by atoms with Crippen molar-refractivity contribution in [2.75, 3.05) is 13.7 Å². The van der Waals surface area contributed by atoms with Crippen molar-refractivity contribution in [3.05, 3.63) is 23.0 Å². The highest BCUT2D eigenvalue weighted by Gasteiger charge is 2.75. The first-order valence-corrected chi connectivity index (χ1v) is 12.2. The Hall–Kier alpha value is -0.760. The van der Waals surface area contributed by atoms with Gasteiger partial charge in [0.1, 0.15) is 0 Å². The third-order valence-corrected chi connectivity index (χ3v) is 9.62. The minimum atomic E-state index is 0.263. The highest BCUT2D eigenvalue weighted by atomic mass is 16.5. The smallest absolute Gasteiger partial charge is 0.0959 e. The van der Waals surface area contributed by atoms with Gasteiger partial charge in [-0.1, -0.05) is 44.3 Å². The molecule has 156 valence electrons. The molecule has 3 saturated carbocycles. The zero-order chi connectivity index (χ0) is 19.4. The second-order valence-electron chi connectivity index (χ2n) is 10.7. The molecular weight excluding hydrogens is 344 g/mol. The standard InChI is InChI=1S/C26H40O2/c1-4-5-6-7-14-28-26-17-19(26)16-24-23-10-8-18-15-20(27-3)9-11-21(18)22(23)12-13-25(24,26)2/h9,19,22-24H,4-8,10-17H2,1-3H3/t19-,22+,23+,24-,25-,26-/m0/s1. The Morgan fingerprint density at radius 2 is 2.07 bits per heavy atom. The maximum atomic E-state index is 6.76. The van der Waals surface area contributed by atoms with E-state index in [4.69, 9.17) is 9.47 Å². The van der Waals surface area contributed by atoms with Gasteiger partial charge in [0.2, 0.25) is 0 Å². The van der Waals surface area contributed by atoms with Crippen LogP contribution in [0.4, 0.5) is 0 Å². The SMILES string of the molecule is CCCCCCO[C@@]12C[C@@H]1C[C@H]1[C@@H]3CCC4=C(CC=C(OC)C4)[C@H]3CC[C@@]12C. The van der Waals surface area contributed by atoms with Gasteiger partial charge in [-0.05, 0) is 86.5 Å². The molecule has 0 aromatic heterocycles. The number of hydrogen-bond acceptors (Lipinski definition) is 2. The lowest BCUT2D eigenvalue weighted by Crippen LogP contribution is -2.48. The molecule has 2 nitrogen and oxygen atoms in total. The number of rotatable bonds is 7. The fraction of sp³-hybridized carbons (Fsp3) is 0.846. The van der Waals surface area contributed by atoms with E-state index in [9.17, 15) is 0 Å². The topological polar surface area (TPSA) is 18.5 Å². The van der Waals surface area contributed by atoms with Crippen LogP contribution < -0.4 is 0 Å². The monoisotopic (exact) mass is 384 g/mol. The number of fused-ring (bicyclic) bond motifs is 6. The molecule has 0 radical (unpaired) electrons. The number of methoxy groups -OCH3 is 1. The molecule has 3 fully saturated rings. The van der Waals surface area contributed by atoms with E-state index >= 15 is 0 Å². The van der Waals surface area contributed by atoms with Crippen molar-refractivity contribution in [3.8, 4) is 0 Å². The summed E-state index contributed by atoms with van der Waals surface area (Å²) in [6.07, 6.45) is 18.2. The zero-order valence-electron chi connectivity index (χ0n) is 18.4. The van der Waals surface area contributed by atoms with Crippen LogP contribution in [0.15, 0.2) is 23.0 Å². The van der Waals surface area contributed by atoms with Gasteiger partial charge in [0.05, 0.1) is 18.5 Å². The summed E-state index contributed by atoms with van der Waals surface area (Å²) in [5.74, 6) is 4.76. The Labute approximate surface area is 172 Å². The van der Waals surface area contributed by atoms with Gasteiger partial charge in [-0.3, -0.25) is 0 Å². The van der Waals surface area contributed by atoms with E-state index in [0.29, 0.717) is 5.41 Å². The Morgan fingerprint density at radius 3 is 2.89 bits per heavy atom. The van der Waals surface area contributed by atoms with Crippen LogP contribution >= 0.6 is 0 Å². The molecule has 5 aliphatic rings. The number of unbranched alkanes of at least 4 members (excludes halogenated alkanes) is 3. The number of hydrogen-bond donors (Lipinski definition) is 0. The van der Waals surface area contributed by atoms with Crippen LogP contribution in [-0.4, -0.2) is 19.3 Å². The Balaban J connectivity index is 1.29. The molecule has 5 aliphatic carbocycles. The predicted molar refractivity (Wildman–Crippen MR) is 114 cm³/mol. The third-order valence-electron chi connectivity index (χ3n) is 9.62. The average molecular weight is 385 g/mol. The van der Waals surface area contributed by atoms with Gasteiger partial charge < -0.3 is 9.47 Å². The number of allylic oxidation sites excluding steroid dienone is 3. The van der Waals surface area contributed by atoms with E-state index < -0.39 is 0 Å². The lowest BCUT2D eigenvalue weighted by Gasteiger charge is -2.53. The molecule has 0 aromatic rings. The lowest BCUT2D eigenvalue weighted by molar-refractivity contribution is -0.104. The van der Waals surface area contributed by atoms with E-state index in [1.165, 1.54) is 70.0 Å². The van der Waals surface area contributed by atoms with Crippen molar-refractivity contribution < 1.29 is 9.47 Å². The van der Waals surface area contributed by atoms with E-state index in [1.807, 2.05) is 12.7 Å². The molecule has 0 spiro atoms. The number of ether oxygens (including phenoxy) is 2. The summed E-state index contributed by atoms with van der Waals surface area (Å²) in [5.41, 5.74) is 4.26. The van der Waals surface area contributed by atoms with Gasteiger partial charge in [-0.15, -0.1) is 0 Å². The molecule has 0 unspecified atom stereocenters. The minimum Gasteiger partial charge on any atom is -0.501 e. The van der Waals surface area contributed by atoms with Crippen LogP contribution in [0.25, 0.3) is 0 Å². The maximum absolute atomic E-state index is 6.76. The van der Waals surface area contributed by atoms with Gasteiger partial charge in [0.15, 0.2) is 0 Å². The van der Waals surface area contributed by atoms with Crippen LogP contribution in [0.1, 0.15) is 90.9 Å². The summed E-state index contributed by atoms with van der Waals surface area (Å²) >= 11 is 0. The van der Waals surface area contributed by atoms with Crippen LogP contribution in [0.3, 0.4) is 0 Å². The third kappa shape index (κ3) is 2.76. The van der Waals surface area contributed by atoms with Gasteiger partial charge >= 0.3 is 0 Å².